The number of hydrogen-bond acceptors (Lipinski definition) is 1. The molecule has 72 valence electrons. The van der Waals surface area contributed by atoms with Crippen molar-refractivity contribution in [2.24, 2.45) is 0 Å². The van der Waals surface area contributed by atoms with E-state index in [9.17, 15) is 0 Å². The first-order chi connectivity index (χ1) is 6.15. The predicted octanol–water partition coefficient (Wildman–Crippen LogP) is 4.34. The minimum Gasteiger partial charge on any atom is -0.383 e. The van der Waals surface area contributed by atoms with Crippen LogP contribution in [0.1, 0.15) is 18.9 Å². The van der Waals surface area contributed by atoms with E-state index < -0.39 is 0 Å². The van der Waals surface area contributed by atoms with Gasteiger partial charge in [-0.05, 0) is 62.9 Å². The van der Waals surface area contributed by atoms with E-state index >= 15 is 0 Å². The summed E-state index contributed by atoms with van der Waals surface area (Å²) in [4.78, 5) is 0. The zero-order valence-corrected chi connectivity index (χ0v) is 11.0. The molecule has 0 saturated carbocycles. The van der Waals surface area contributed by atoms with Crippen LogP contribution in [0.15, 0.2) is 21.1 Å². The molecule has 0 spiro atoms. The van der Waals surface area contributed by atoms with Crippen molar-refractivity contribution >= 4 is 37.5 Å². The summed E-state index contributed by atoms with van der Waals surface area (Å²) < 4.78 is 2.24. The molecule has 3 heteroatoms. The van der Waals surface area contributed by atoms with Crippen molar-refractivity contribution < 1.29 is 0 Å². The molecule has 0 fully saturated rings. The van der Waals surface area contributed by atoms with Gasteiger partial charge < -0.3 is 5.32 Å². The van der Waals surface area contributed by atoms with Crippen LogP contribution >= 0.6 is 31.9 Å². The van der Waals surface area contributed by atoms with Crippen molar-refractivity contribution in [3.8, 4) is 0 Å². The van der Waals surface area contributed by atoms with Gasteiger partial charge in [0.2, 0.25) is 0 Å². The third-order valence-corrected chi connectivity index (χ3v) is 2.99. The number of halogens is 2. The molecule has 0 atom stereocenters. The summed E-state index contributed by atoms with van der Waals surface area (Å²) in [5, 5.41) is 3.36. The van der Waals surface area contributed by atoms with Crippen LogP contribution in [0.3, 0.4) is 0 Å². The van der Waals surface area contributed by atoms with Gasteiger partial charge in [0.25, 0.3) is 0 Å². The maximum absolute atomic E-state index is 3.54. The van der Waals surface area contributed by atoms with Gasteiger partial charge in [0.15, 0.2) is 0 Å². The lowest BCUT2D eigenvalue weighted by atomic mass is 10.2. The molecule has 0 aromatic heterocycles. The van der Waals surface area contributed by atoms with Crippen molar-refractivity contribution in [1.29, 1.82) is 0 Å². The molecule has 0 aliphatic carbocycles. The maximum atomic E-state index is 3.54. The molecule has 0 heterocycles. The van der Waals surface area contributed by atoms with E-state index in [1.807, 2.05) is 0 Å². The molecule has 0 saturated heterocycles. The summed E-state index contributed by atoms with van der Waals surface area (Å²) in [6, 6.07) is 4.23. The van der Waals surface area contributed by atoms with Gasteiger partial charge in [-0.25, -0.2) is 0 Å². The summed E-state index contributed by atoms with van der Waals surface area (Å²) in [5.74, 6) is 0. The normalized spacial score (nSPS) is 10.2. The highest BCUT2D eigenvalue weighted by Crippen LogP contribution is 2.32. The average molecular weight is 307 g/mol. The van der Waals surface area contributed by atoms with Crippen LogP contribution < -0.4 is 5.32 Å². The van der Waals surface area contributed by atoms with Gasteiger partial charge in [0, 0.05) is 15.5 Å². The number of anilines is 1. The van der Waals surface area contributed by atoms with E-state index in [4.69, 9.17) is 0 Å². The molecule has 1 aromatic carbocycles. The number of aryl methyl sites for hydroxylation is 1. The molecule has 0 bridgehead atoms. The Balaban J connectivity index is 2.92. The predicted molar refractivity (Wildman–Crippen MR) is 65.4 cm³/mol. The molecule has 1 rings (SSSR count). The standard InChI is InChI=1S/C10H13Br2N/c1-3-4-13-10-8(11)5-7(2)6-9(10)12/h5-6,13H,3-4H2,1-2H3. The maximum Gasteiger partial charge on any atom is 0.0629 e. The Kier molecular flexibility index (Phi) is 4.26. The van der Waals surface area contributed by atoms with Gasteiger partial charge >= 0.3 is 0 Å². The molecule has 1 aromatic rings. The highest BCUT2D eigenvalue weighted by Gasteiger charge is 2.04. The van der Waals surface area contributed by atoms with Crippen LogP contribution in [0.5, 0.6) is 0 Å². The van der Waals surface area contributed by atoms with Crippen LogP contribution in [-0.4, -0.2) is 6.54 Å². The fraction of sp³-hybridized carbons (Fsp3) is 0.400. The highest BCUT2D eigenvalue weighted by atomic mass is 79.9. The second kappa shape index (κ2) is 5.01. The van der Waals surface area contributed by atoms with E-state index in [1.54, 1.807) is 0 Å². The first-order valence-electron chi connectivity index (χ1n) is 4.34. The zero-order chi connectivity index (χ0) is 9.84. The van der Waals surface area contributed by atoms with Crippen LogP contribution in [-0.2, 0) is 0 Å². The molecular weight excluding hydrogens is 294 g/mol. The lowest BCUT2D eigenvalue weighted by Crippen LogP contribution is -2.01. The lowest BCUT2D eigenvalue weighted by Gasteiger charge is -2.10. The smallest absolute Gasteiger partial charge is 0.0629 e. The Morgan fingerprint density at radius 3 is 2.23 bits per heavy atom. The van der Waals surface area contributed by atoms with Crippen LogP contribution in [0.4, 0.5) is 5.69 Å². The number of benzene rings is 1. The second-order valence-electron chi connectivity index (χ2n) is 3.03. The quantitative estimate of drug-likeness (QED) is 0.876. The number of nitrogens with one attached hydrogen (secondary N) is 1. The van der Waals surface area contributed by atoms with Crippen molar-refractivity contribution in [3.05, 3.63) is 26.6 Å². The third kappa shape index (κ3) is 2.99. The molecule has 0 unspecified atom stereocenters. The first-order valence-corrected chi connectivity index (χ1v) is 5.93. The van der Waals surface area contributed by atoms with Crippen molar-refractivity contribution in [2.45, 2.75) is 20.3 Å². The highest BCUT2D eigenvalue weighted by molar-refractivity contribution is 9.11. The summed E-state index contributed by atoms with van der Waals surface area (Å²) in [6.07, 6.45) is 1.13. The summed E-state index contributed by atoms with van der Waals surface area (Å²) in [6.45, 7) is 5.24. The minimum absolute atomic E-state index is 1.00. The molecule has 0 aliphatic rings. The Bertz CT molecular complexity index is 274. The van der Waals surface area contributed by atoms with Crippen LogP contribution in [0.2, 0.25) is 0 Å². The second-order valence-corrected chi connectivity index (χ2v) is 4.74. The topological polar surface area (TPSA) is 12.0 Å². The zero-order valence-electron chi connectivity index (χ0n) is 7.82. The van der Waals surface area contributed by atoms with Crippen LogP contribution in [0.25, 0.3) is 0 Å². The fourth-order valence-corrected chi connectivity index (χ4v) is 2.81. The summed E-state index contributed by atoms with van der Waals surface area (Å²) >= 11 is 7.07. The Morgan fingerprint density at radius 2 is 1.77 bits per heavy atom. The van der Waals surface area contributed by atoms with Crippen molar-refractivity contribution in [3.63, 3.8) is 0 Å². The number of rotatable bonds is 3. The van der Waals surface area contributed by atoms with Crippen molar-refractivity contribution in [1.82, 2.24) is 0 Å². The van der Waals surface area contributed by atoms with Crippen molar-refractivity contribution in [2.75, 3.05) is 11.9 Å². The summed E-state index contributed by atoms with van der Waals surface area (Å²) in [5.41, 5.74) is 2.40. The van der Waals surface area contributed by atoms with Gasteiger partial charge in [-0.1, -0.05) is 6.92 Å². The lowest BCUT2D eigenvalue weighted by molar-refractivity contribution is 0.977. The Morgan fingerprint density at radius 1 is 1.23 bits per heavy atom. The van der Waals surface area contributed by atoms with E-state index in [-0.39, 0.29) is 0 Å². The fourth-order valence-electron chi connectivity index (χ4n) is 1.12. The van der Waals surface area contributed by atoms with Crippen LogP contribution in [0, 0.1) is 6.92 Å². The minimum atomic E-state index is 1.00. The molecular formula is C10H13Br2N. The van der Waals surface area contributed by atoms with Gasteiger partial charge in [-0.15, -0.1) is 0 Å². The van der Waals surface area contributed by atoms with Gasteiger partial charge in [-0.2, -0.15) is 0 Å². The first kappa shape index (κ1) is 11.1. The molecule has 0 radical (unpaired) electrons. The van der Waals surface area contributed by atoms with E-state index in [1.165, 1.54) is 5.56 Å². The Labute approximate surface area is 96.2 Å². The molecule has 0 amide bonds. The largest absolute Gasteiger partial charge is 0.383 e. The SMILES string of the molecule is CCCNc1c(Br)cc(C)cc1Br. The number of hydrogen-bond donors (Lipinski definition) is 1. The van der Waals surface area contributed by atoms with E-state index in [0.29, 0.717) is 0 Å². The van der Waals surface area contributed by atoms with Gasteiger partial charge in [-0.3, -0.25) is 0 Å². The molecule has 1 N–H and O–H groups in total. The van der Waals surface area contributed by atoms with Gasteiger partial charge in [0.05, 0.1) is 5.69 Å². The monoisotopic (exact) mass is 305 g/mol. The van der Waals surface area contributed by atoms with E-state index in [0.717, 1.165) is 27.6 Å². The molecule has 1 nitrogen and oxygen atoms in total. The summed E-state index contributed by atoms with van der Waals surface area (Å²) in [7, 11) is 0. The average Bonchev–Trinajstić information content (AvgIpc) is 2.02. The Hall–Kier alpha value is -0.0200. The third-order valence-electron chi connectivity index (χ3n) is 1.74. The van der Waals surface area contributed by atoms with Gasteiger partial charge in [0.1, 0.15) is 0 Å². The molecule has 13 heavy (non-hydrogen) atoms. The van der Waals surface area contributed by atoms with E-state index in [2.05, 4.69) is 63.2 Å². The molecule has 0 aliphatic heterocycles.